The van der Waals surface area contributed by atoms with E-state index >= 15 is 0 Å². The van der Waals surface area contributed by atoms with Crippen LogP contribution in [0.4, 0.5) is 5.69 Å². The van der Waals surface area contributed by atoms with Crippen LogP contribution in [0.5, 0.6) is 11.5 Å². The van der Waals surface area contributed by atoms with Gasteiger partial charge in [0.25, 0.3) is 0 Å². The standard InChI is InChI=1S/C29H39N3O4/c1-5-35-19-23-15-26(33-3)28(27(16-23)34-4)24-7-6-8-25-29(20(2)30-32(24)25)31(17-21-9-10-21)18-22-11-13-36-14-12-22/h6-8,15-16,21-22H,5,9-14,17-19H2,1-4H3. The van der Waals surface area contributed by atoms with Gasteiger partial charge in [-0.3, -0.25) is 0 Å². The molecule has 1 saturated heterocycles. The minimum atomic E-state index is 0.515. The van der Waals surface area contributed by atoms with E-state index in [0.29, 0.717) is 19.1 Å². The lowest BCUT2D eigenvalue weighted by Gasteiger charge is -2.31. The van der Waals surface area contributed by atoms with Crippen LogP contribution in [0.1, 0.15) is 43.9 Å². The Kier molecular flexibility index (Phi) is 7.67. The van der Waals surface area contributed by atoms with E-state index in [1.807, 2.05) is 19.1 Å². The first-order valence-corrected chi connectivity index (χ1v) is 13.3. The number of aromatic nitrogens is 2. The number of methoxy groups -OCH3 is 2. The smallest absolute Gasteiger partial charge is 0.132 e. The maximum Gasteiger partial charge on any atom is 0.132 e. The molecule has 5 rings (SSSR count). The van der Waals surface area contributed by atoms with Crippen LogP contribution >= 0.6 is 0 Å². The van der Waals surface area contributed by atoms with Crippen LogP contribution in [0.25, 0.3) is 16.8 Å². The number of anilines is 1. The van der Waals surface area contributed by atoms with Crippen LogP contribution < -0.4 is 14.4 Å². The molecule has 7 heteroatoms. The van der Waals surface area contributed by atoms with Gasteiger partial charge < -0.3 is 23.8 Å². The van der Waals surface area contributed by atoms with Gasteiger partial charge in [0, 0.05) is 32.9 Å². The Bertz CT molecular complexity index is 1160. The molecular weight excluding hydrogens is 454 g/mol. The monoisotopic (exact) mass is 493 g/mol. The highest BCUT2D eigenvalue weighted by Crippen LogP contribution is 2.42. The predicted octanol–water partition coefficient (Wildman–Crippen LogP) is 5.51. The van der Waals surface area contributed by atoms with Crippen LogP contribution in [0.3, 0.4) is 0 Å². The number of aryl methyl sites for hydroxylation is 1. The zero-order valence-electron chi connectivity index (χ0n) is 22.1. The summed E-state index contributed by atoms with van der Waals surface area (Å²) in [6.07, 6.45) is 4.92. The van der Waals surface area contributed by atoms with Crippen LogP contribution in [0.15, 0.2) is 30.3 Å². The Balaban J connectivity index is 1.58. The zero-order chi connectivity index (χ0) is 25.1. The highest BCUT2D eigenvalue weighted by Gasteiger charge is 2.30. The Morgan fingerprint density at radius 3 is 2.28 bits per heavy atom. The molecule has 0 N–H and O–H groups in total. The van der Waals surface area contributed by atoms with E-state index in [0.717, 1.165) is 84.6 Å². The second kappa shape index (κ2) is 11.1. The molecule has 3 aromatic rings. The molecule has 1 aromatic carbocycles. The Morgan fingerprint density at radius 1 is 1.00 bits per heavy atom. The predicted molar refractivity (Wildman–Crippen MR) is 142 cm³/mol. The van der Waals surface area contributed by atoms with Crippen molar-refractivity contribution in [2.24, 2.45) is 11.8 Å². The third kappa shape index (κ3) is 5.18. The third-order valence-corrected chi connectivity index (χ3v) is 7.41. The fourth-order valence-electron chi connectivity index (χ4n) is 5.38. The van der Waals surface area contributed by atoms with Crippen molar-refractivity contribution < 1.29 is 18.9 Å². The van der Waals surface area contributed by atoms with E-state index < -0.39 is 0 Å². The molecule has 1 saturated carbocycles. The van der Waals surface area contributed by atoms with Gasteiger partial charge >= 0.3 is 0 Å². The van der Waals surface area contributed by atoms with Crippen molar-refractivity contribution in [3.05, 3.63) is 41.6 Å². The van der Waals surface area contributed by atoms with Gasteiger partial charge in [0.1, 0.15) is 11.5 Å². The molecule has 0 atom stereocenters. The van der Waals surface area contributed by atoms with Crippen LogP contribution in [0, 0.1) is 18.8 Å². The number of benzene rings is 1. The first-order valence-electron chi connectivity index (χ1n) is 13.3. The summed E-state index contributed by atoms with van der Waals surface area (Å²) < 4.78 is 25.1. The Morgan fingerprint density at radius 2 is 1.67 bits per heavy atom. The minimum absolute atomic E-state index is 0.515. The van der Waals surface area contributed by atoms with Crippen molar-refractivity contribution in [3.63, 3.8) is 0 Å². The van der Waals surface area contributed by atoms with E-state index in [9.17, 15) is 0 Å². The van der Waals surface area contributed by atoms with Gasteiger partial charge in [0.2, 0.25) is 0 Å². The van der Waals surface area contributed by atoms with Gasteiger partial charge in [0.05, 0.1) is 49.0 Å². The molecule has 0 bridgehead atoms. The molecule has 2 aromatic heterocycles. The summed E-state index contributed by atoms with van der Waals surface area (Å²) in [7, 11) is 3.40. The highest BCUT2D eigenvalue weighted by atomic mass is 16.5. The van der Waals surface area contributed by atoms with Gasteiger partial charge in [-0.15, -0.1) is 0 Å². The van der Waals surface area contributed by atoms with Gasteiger partial charge in [-0.25, -0.2) is 4.52 Å². The fourth-order valence-corrected chi connectivity index (χ4v) is 5.38. The Labute approximate surface area is 214 Å². The van der Waals surface area contributed by atoms with Crippen LogP contribution in [0.2, 0.25) is 0 Å². The lowest BCUT2D eigenvalue weighted by molar-refractivity contribution is 0.0682. The molecule has 2 fully saturated rings. The number of hydrogen-bond donors (Lipinski definition) is 0. The van der Waals surface area contributed by atoms with Crippen molar-refractivity contribution in [2.75, 3.05) is 52.0 Å². The van der Waals surface area contributed by atoms with Crippen LogP contribution in [-0.4, -0.2) is 56.7 Å². The number of rotatable bonds is 11. The lowest BCUT2D eigenvalue weighted by atomic mass is 9.99. The van der Waals surface area contributed by atoms with E-state index in [1.54, 1.807) is 14.2 Å². The average molecular weight is 494 g/mol. The summed E-state index contributed by atoms with van der Waals surface area (Å²) in [5.74, 6) is 2.96. The molecule has 3 heterocycles. The van der Waals surface area contributed by atoms with Gasteiger partial charge in [0.15, 0.2) is 0 Å². The lowest BCUT2D eigenvalue weighted by Crippen LogP contribution is -2.34. The molecule has 0 amide bonds. The molecule has 2 aliphatic rings. The first kappa shape index (κ1) is 24.9. The summed E-state index contributed by atoms with van der Waals surface area (Å²) in [5, 5.41) is 5.07. The summed E-state index contributed by atoms with van der Waals surface area (Å²) >= 11 is 0. The topological polar surface area (TPSA) is 57.5 Å². The fraction of sp³-hybridized carbons (Fsp3) is 0.552. The van der Waals surface area contributed by atoms with E-state index in [1.165, 1.54) is 18.5 Å². The summed E-state index contributed by atoms with van der Waals surface area (Å²) in [6, 6.07) is 10.5. The number of pyridine rings is 1. The molecule has 36 heavy (non-hydrogen) atoms. The molecular formula is C29H39N3O4. The molecule has 194 valence electrons. The number of hydrogen-bond acceptors (Lipinski definition) is 6. The minimum Gasteiger partial charge on any atom is -0.496 e. The third-order valence-electron chi connectivity index (χ3n) is 7.41. The van der Waals surface area contributed by atoms with E-state index in [2.05, 4.69) is 34.5 Å². The maximum atomic E-state index is 5.86. The van der Waals surface area contributed by atoms with Crippen molar-refractivity contribution in [3.8, 4) is 22.8 Å². The highest BCUT2D eigenvalue weighted by molar-refractivity contribution is 5.82. The van der Waals surface area contributed by atoms with Crippen LogP contribution in [-0.2, 0) is 16.1 Å². The molecule has 1 aliphatic carbocycles. The van der Waals surface area contributed by atoms with Crippen molar-refractivity contribution in [1.82, 2.24) is 9.61 Å². The Hall–Kier alpha value is -2.77. The normalized spacial score (nSPS) is 16.4. The number of fused-ring (bicyclic) bond motifs is 1. The second-order valence-corrected chi connectivity index (χ2v) is 10.1. The van der Waals surface area contributed by atoms with Crippen molar-refractivity contribution in [1.29, 1.82) is 0 Å². The molecule has 0 unspecified atom stereocenters. The largest absolute Gasteiger partial charge is 0.496 e. The average Bonchev–Trinajstić information content (AvgIpc) is 3.65. The quantitative estimate of drug-likeness (QED) is 0.351. The van der Waals surface area contributed by atoms with Crippen molar-refractivity contribution in [2.45, 2.75) is 46.1 Å². The SMILES string of the molecule is CCOCc1cc(OC)c(-c2cccc3c(N(CC4CCOCC4)CC4CC4)c(C)nn23)c(OC)c1. The number of ether oxygens (including phenoxy) is 4. The molecule has 0 radical (unpaired) electrons. The second-order valence-electron chi connectivity index (χ2n) is 10.1. The van der Waals surface area contributed by atoms with Crippen molar-refractivity contribution >= 4 is 11.2 Å². The number of nitrogens with zero attached hydrogens (tertiary/aromatic N) is 3. The first-order chi connectivity index (χ1) is 17.6. The van der Waals surface area contributed by atoms with Gasteiger partial charge in [-0.05, 0) is 81.2 Å². The van der Waals surface area contributed by atoms with E-state index in [4.69, 9.17) is 24.0 Å². The van der Waals surface area contributed by atoms with Gasteiger partial charge in [-0.1, -0.05) is 6.07 Å². The maximum absolute atomic E-state index is 5.86. The molecule has 0 spiro atoms. The molecule has 7 nitrogen and oxygen atoms in total. The van der Waals surface area contributed by atoms with Gasteiger partial charge in [-0.2, -0.15) is 5.10 Å². The zero-order valence-corrected chi connectivity index (χ0v) is 22.1. The van der Waals surface area contributed by atoms with E-state index in [-0.39, 0.29) is 0 Å². The summed E-state index contributed by atoms with van der Waals surface area (Å²) in [4.78, 5) is 2.61. The summed E-state index contributed by atoms with van der Waals surface area (Å²) in [6.45, 7) is 9.21. The molecule has 1 aliphatic heterocycles. The summed E-state index contributed by atoms with van der Waals surface area (Å²) in [5.41, 5.74) is 6.31.